The summed E-state index contributed by atoms with van der Waals surface area (Å²) in [7, 11) is 1.72. The molecule has 0 bridgehead atoms. The van der Waals surface area contributed by atoms with Crippen LogP contribution in [0.2, 0.25) is 0 Å². The van der Waals surface area contributed by atoms with Crippen molar-refractivity contribution in [1.29, 1.82) is 0 Å². The van der Waals surface area contributed by atoms with Gasteiger partial charge in [-0.1, -0.05) is 29.5 Å². The van der Waals surface area contributed by atoms with Crippen molar-refractivity contribution < 1.29 is 9.18 Å². The molecule has 0 saturated carbocycles. The van der Waals surface area contributed by atoms with Crippen LogP contribution >= 0.6 is 0 Å². The summed E-state index contributed by atoms with van der Waals surface area (Å²) in [5.41, 5.74) is 3.00. The second kappa shape index (κ2) is 4.28. The zero-order chi connectivity index (χ0) is 13.4. The van der Waals surface area contributed by atoms with Crippen LogP contribution in [-0.2, 0) is 7.05 Å². The number of carbonyl (C=O) groups is 1. The second-order valence-electron chi connectivity index (χ2n) is 4.27. The number of hydrogen-bond acceptors (Lipinski definition) is 3. The highest BCUT2D eigenvalue weighted by Gasteiger charge is 2.10. The molecule has 0 atom stereocenters. The van der Waals surface area contributed by atoms with Crippen molar-refractivity contribution in [3.63, 3.8) is 0 Å². The van der Waals surface area contributed by atoms with Gasteiger partial charge < -0.3 is 0 Å². The minimum Gasteiger partial charge on any atom is -0.298 e. The third kappa shape index (κ3) is 1.89. The molecule has 3 aromatic rings. The van der Waals surface area contributed by atoms with Crippen LogP contribution in [0, 0.1) is 5.82 Å². The first kappa shape index (κ1) is 11.5. The van der Waals surface area contributed by atoms with Gasteiger partial charge in [0.25, 0.3) is 0 Å². The lowest BCUT2D eigenvalue weighted by atomic mass is 10.0. The smallest absolute Gasteiger partial charge is 0.150 e. The Labute approximate surface area is 108 Å². The molecule has 0 radical (unpaired) electrons. The summed E-state index contributed by atoms with van der Waals surface area (Å²) < 4.78 is 15.6. The number of carbonyl (C=O) groups excluding carboxylic acids is 1. The molecule has 0 aliphatic carbocycles. The van der Waals surface area contributed by atoms with Gasteiger partial charge in [-0.25, -0.2) is 9.07 Å². The lowest BCUT2D eigenvalue weighted by molar-refractivity contribution is 0.112. The quantitative estimate of drug-likeness (QED) is 0.661. The topological polar surface area (TPSA) is 47.8 Å². The minimum atomic E-state index is -0.336. The fourth-order valence-electron chi connectivity index (χ4n) is 2.02. The third-order valence-corrected chi connectivity index (χ3v) is 3.06. The predicted octanol–water partition coefficient (Wildman–Crippen LogP) is 2.59. The van der Waals surface area contributed by atoms with Crippen LogP contribution in [0.3, 0.4) is 0 Å². The van der Waals surface area contributed by atoms with Gasteiger partial charge in [-0.3, -0.25) is 4.79 Å². The number of rotatable bonds is 2. The van der Waals surface area contributed by atoms with Gasteiger partial charge in [0.05, 0.1) is 5.52 Å². The summed E-state index contributed by atoms with van der Waals surface area (Å²) in [6, 6.07) is 9.81. The molecule has 0 fully saturated rings. The molecule has 0 saturated heterocycles. The van der Waals surface area contributed by atoms with Gasteiger partial charge >= 0.3 is 0 Å². The fraction of sp³-hybridized carbons (Fsp3) is 0.0714. The summed E-state index contributed by atoms with van der Waals surface area (Å²) in [5, 5.41) is 7.82. The summed E-state index contributed by atoms with van der Waals surface area (Å²) in [4.78, 5) is 10.6. The van der Waals surface area contributed by atoms with E-state index in [0.717, 1.165) is 6.29 Å². The van der Waals surface area contributed by atoms with E-state index in [-0.39, 0.29) is 5.82 Å². The number of fused-ring (bicyclic) bond motifs is 1. The number of aromatic nitrogens is 3. The average molecular weight is 255 g/mol. The number of hydrogen-bond donors (Lipinski definition) is 0. The van der Waals surface area contributed by atoms with Crippen molar-refractivity contribution in [2.24, 2.45) is 7.05 Å². The molecule has 0 amide bonds. The minimum absolute atomic E-state index is 0.336. The van der Waals surface area contributed by atoms with Crippen LogP contribution in [0.15, 0.2) is 36.4 Å². The summed E-state index contributed by atoms with van der Waals surface area (Å²) in [6.45, 7) is 0. The van der Waals surface area contributed by atoms with E-state index in [9.17, 15) is 9.18 Å². The first-order valence-electron chi connectivity index (χ1n) is 5.73. The molecule has 5 heteroatoms. The molecule has 1 heterocycles. The predicted molar refractivity (Wildman–Crippen MR) is 69.3 cm³/mol. The molecule has 94 valence electrons. The van der Waals surface area contributed by atoms with E-state index in [0.29, 0.717) is 27.7 Å². The Hall–Kier alpha value is -2.56. The van der Waals surface area contributed by atoms with Gasteiger partial charge in [0.15, 0.2) is 0 Å². The summed E-state index contributed by atoms with van der Waals surface area (Å²) in [5.74, 6) is -0.336. The molecule has 2 aromatic carbocycles. The Balaban J connectivity index is 2.17. The van der Waals surface area contributed by atoms with E-state index >= 15 is 0 Å². The molecule has 3 rings (SSSR count). The first-order valence-corrected chi connectivity index (χ1v) is 5.73. The average Bonchev–Trinajstić information content (AvgIpc) is 2.79. The number of halogens is 1. The molecule has 19 heavy (non-hydrogen) atoms. The highest BCUT2D eigenvalue weighted by atomic mass is 19.1. The van der Waals surface area contributed by atoms with Crippen LogP contribution in [0.5, 0.6) is 0 Å². The maximum Gasteiger partial charge on any atom is 0.150 e. The molecule has 0 unspecified atom stereocenters. The summed E-state index contributed by atoms with van der Waals surface area (Å²) >= 11 is 0. The van der Waals surface area contributed by atoms with Crippen molar-refractivity contribution in [2.45, 2.75) is 0 Å². The van der Waals surface area contributed by atoms with Crippen LogP contribution in [0.4, 0.5) is 4.39 Å². The zero-order valence-corrected chi connectivity index (χ0v) is 10.2. The van der Waals surface area contributed by atoms with E-state index < -0.39 is 0 Å². The molecule has 0 aliphatic heterocycles. The number of aldehydes is 1. The third-order valence-electron chi connectivity index (χ3n) is 3.06. The molecule has 0 N–H and O–H groups in total. The standard InChI is InChI=1S/C14H10FN3O/c1-18-14-7-12(15)11(6-13(14)16-17-18)10-4-2-9(8-19)3-5-10/h2-8H,1H3. The molecular weight excluding hydrogens is 245 g/mol. The Kier molecular flexibility index (Phi) is 2.59. The Morgan fingerprint density at radius 3 is 2.63 bits per heavy atom. The fourth-order valence-corrected chi connectivity index (χ4v) is 2.02. The van der Waals surface area contributed by atoms with Crippen LogP contribution in [0.25, 0.3) is 22.2 Å². The van der Waals surface area contributed by atoms with Crippen molar-refractivity contribution >= 4 is 17.3 Å². The van der Waals surface area contributed by atoms with Crippen molar-refractivity contribution in [2.75, 3.05) is 0 Å². The van der Waals surface area contributed by atoms with Gasteiger partial charge in [0.1, 0.15) is 17.6 Å². The lowest BCUT2D eigenvalue weighted by Crippen LogP contribution is -1.91. The Morgan fingerprint density at radius 2 is 1.95 bits per heavy atom. The van der Waals surface area contributed by atoms with Crippen molar-refractivity contribution in [3.8, 4) is 11.1 Å². The number of benzene rings is 2. The van der Waals surface area contributed by atoms with Crippen LogP contribution < -0.4 is 0 Å². The molecule has 0 spiro atoms. The highest BCUT2D eigenvalue weighted by molar-refractivity contribution is 5.83. The van der Waals surface area contributed by atoms with E-state index in [1.807, 2.05) is 0 Å². The van der Waals surface area contributed by atoms with Gasteiger partial charge in [-0.05, 0) is 11.6 Å². The maximum absolute atomic E-state index is 14.1. The zero-order valence-electron chi connectivity index (χ0n) is 10.2. The van der Waals surface area contributed by atoms with Gasteiger partial charge in [0.2, 0.25) is 0 Å². The number of aryl methyl sites for hydroxylation is 1. The Morgan fingerprint density at radius 1 is 1.21 bits per heavy atom. The molecule has 0 aliphatic rings. The highest BCUT2D eigenvalue weighted by Crippen LogP contribution is 2.26. The molecule has 1 aromatic heterocycles. The summed E-state index contributed by atoms with van der Waals surface area (Å²) in [6.07, 6.45) is 0.756. The normalized spacial score (nSPS) is 10.8. The van der Waals surface area contributed by atoms with E-state index in [4.69, 9.17) is 0 Å². The Bertz CT molecular complexity index is 762. The lowest BCUT2D eigenvalue weighted by Gasteiger charge is -2.04. The van der Waals surface area contributed by atoms with Gasteiger partial charge in [0, 0.05) is 24.2 Å². The van der Waals surface area contributed by atoms with Crippen LogP contribution in [-0.4, -0.2) is 21.3 Å². The first-order chi connectivity index (χ1) is 9.19. The van der Waals surface area contributed by atoms with E-state index in [1.165, 1.54) is 10.7 Å². The van der Waals surface area contributed by atoms with Gasteiger partial charge in [-0.15, -0.1) is 5.10 Å². The number of nitrogens with zero attached hydrogens (tertiary/aromatic N) is 3. The second-order valence-corrected chi connectivity index (χ2v) is 4.27. The molecule has 4 nitrogen and oxygen atoms in total. The largest absolute Gasteiger partial charge is 0.298 e. The van der Waals surface area contributed by atoms with Gasteiger partial charge in [-0.2, -0.15) is 0 Å². The molecular formula is C14H10FN3O. The van der Waals surface area contributed by atoms with Crippen LogP contribution in [0.1, 0.15) is 10.4 Å². The van der Waals surface area contributed by atoms with Crippen molar-refractivity contribution in [3.05, 3.63) is 47.8 Å². The van der Waals surface area contributed by atoms with E-state index in [2.05, 4.69) is 10.3 Å². The monoisotopic (exact) mass is 255 g/mol. The SMILES string of the molecule is Cn1nnc2cc(-c3ccc(C=O)cc3)c(F)cc21. The van der Waals surface area contributed by atoms with Crippen molar-refractivity contribution in [1.82, 2.24) is 15.0 Å². The van der Waals surface area contributed by atoms with E-state index in [1.54, 1.807) is 37.4 Å². The maximum atomic E-state index is 14.1.